The van der Waals surface area contributed by atoms with Crippen LogP contribution >= 0.6 is 22.9 Å². The van der Waals surface area contributed by atoms with Crippen molar-refractivity contribution in [1.82, 2.24) is 24.8 Å². The van der Waals surface area contributed by atoms with Crippen LogP contribution in [0.1, 0.15) is 23.2 Å². The number of anilines is 1. The van der Waals surface area contributed by atoms with Crippen molar-refractivity contribution in [3.63, 3.8) is 0 Å². The van der Waals surface area contributed by atoms with Crippen LogP contribution in [-0.4, -0.2) is 61.9 Å². The van der Waals surface area contributed by atoms with Crippen molar-refractivity contribution in [3.8, 4) is 11.8 Å². The average Bonchev–Trinajstić information content (AvgIpc) is 3.43. The number of carbonyl (C=O) groups is 1. The van der Waals surface area contributed by atoms with Gasteiger partial charge < -0.3 is 25.4 Å². The summed E-state index contributed by atoms with van der Waals surface area (Å²) in [6, 6.07) is 3.02. The van der Waals surface area contributed by atoms with Gasteiger partial charge in [0, 0.05) is 14.1 Å². The topological polar surface area (TPSA) is 125 Å². The number of imidazole rings is 1. The van der Waals surface area contributed by atoms with E-state index in [1.54, 1.807) is 17.7 Å². The third-order valence-electron chi connectivity index (χ3n) is 5.12. The van der Waals surface area contributed by atoms with E-state index in [1.165, 1.54) is 24.7 Å². The molecule has 0 saturated heterocycles. The van der Waals surface area contributed by atoms with Gasteiger partial charge >= 0.3 is 0 Å². The summed E-state index contributed by atoms with van der Waals surface area (Å²) >= 11 is 7.30. The van der Waals surface area contributed by atoms with Gasteiger partial charge in [-0.25, -0.2) is 15.0 Å². The lowest BCUT2D eigenvalue weighted by Gasteiger charge is -2.18. The summed E-state index contributed by atoms with van der Waals surface area (Å²) in [4.78, 5) is 26.1. The number of aliphatic hydroxyl groups is 2. The highest BCUT2D eigenvalue weighted by molar-refractivity contribution is 7.16. The highest BCUT2D eigenvalue weighted by Crippen LogP contribution is 2.37. The van der Waals surface area contributed by atoms with E-state index >= 15 is 0 Å². The van der Waals surface area contributed by atoms with Crippen LogP contribution in [0.5, 0.6) is 0 Å². The predicted molar refractivity (Wildman–Crippen MR) is 113 cm³/mol. The van der Waals surface area contributed by atoms with Crippen LogP contribution in [0.3, 0.4) is 0 Å². The van der Waals surface area contributed by atoms with Crippen LogP contribution < -0.4 is 10.6 Å². The highest BCUT2D eigenvalue weighted by Gasteiger charge is 2.46. The maximum Gasteiger partial charge on any atom is 0.225 e. The Morgan fingerprint density at radius 2 is 2.07 bits per heavy atom. The zero-order valence-corrected chi connectivity index (χ0v) is 17.7. The molecule has 30 heavy (non-hydrogen) atoms. The van der Waals surface area contributed by atoms with Crippen LogP contribution in [0.4, 0.5) is 5.82 Å². The number of hydrogen-bond acceptors (Lipinski definition) is 8. The van der Waals surface area contributed by atoms with Gasteiger partial charge in [-0.3, -0.25) is 4.79 Å². The van der Waals surface area contributed by atoms with Crippen molar-refractivity contribution >= 4 is 45.8 Å². The standard InChI is InChI=1S/C19H19ClN6O3S/c1-21-17-14-18(25-13(24-17)6-4-9-3-5-12(20)30-9)26(8-23-14)11-7-10(19(29)22-2)15(27)16(11)28/h3,5,8,10-11,15-16,27-28H,7H2,1-2H3,(H,22,29)(H,21,24,25)/t10-,11+,15+,16-/m0/s1. The third kappa shape index (κ3) is 3.61. The van der Waals surface area contributed by atoms with E-state index in [0.29, 0.717) is 21.3 Å². The fraction of sp³-hybridized carbons (Fsp3) is 0.368. The molecule has 0 unspecified atom stereocenters. The summed E-state index contributed by atoms with van der Waals surface area (Å²) in [7, 11) is 3.21. The number of carbonyl (C=O) groups excluding carboxylic acids is 1. The largest absolute Gasteiger partial charge is 0.390 e. The Balaban J connectivity index is 1.75. The SMILES string of the molecule is CNC(=O)[C@H]1C[C@@H](n2cnc3c(NC)nc(C#Cc4ccc(Cl)s4)nc32)[C@H](O)[C@@H]1O. The van der Waals surface area contributed by atoms with Gasteiger partial charge in [0.25, 0.3) is 0 Å². The minimum Gasteiger partial charge on any atom is -0.390 e. The van der Waals surface area contributed by atoms with Gasteiger partial charge in [0.05, 0.1) is 33.6 Å². The molecule has 4 atom stereocenters. The van der Waals surface area contributed by atoms with Crippen molar-refractivity contribution < 1.29 is 15.0 Å². The van der Waals surface area contributed by atoms with E-state index < -0.39 is 24.2 Å². The number of rotatable bonds is 3. The molecule has 0 radical (unpaired) electrons. The van der Waals surface area contributed by atoms with Gasteiger partial charge in [0.15, 0.2) is 17.0 Å². The Hall–Kier alpha value is -2.71. The molecule has 3 aromatic rings. The van der Waals surface area contributed by atoms with Crippen molar-refractivity contribution in [2.75, 3.05) is 19.4 Å². The third-order valence-corrected chi connectivity index (χ3v) is 6.27. The molecule has 1 fully saturated rings. The number of nitrogens with one attached hydrogen (secondary N) is 2. The van der Waals surface area contributed by atoms with Gasteiger partial charge in [-0.2, -0.15) is 0 Å². The van der Waals surface area contributed by atoms with Gasteiger partial charge in [-0.05, 0) is 30.4 Å². The Labute approximate surface area is 181 Å². The van der Waals surface area contributed by atoms with Crippen LogP contribution in [0.15, 0.2) is 18.5 Å². The molecule has 4 N–H and O–H groups in total. The second-order valence-electron chi connectivity index (χ2n) is 6.83. The van der Waals surface area contributed by atoms with Crippen molar-refractivity contribution in [2.24, 2.45) is 5.92 Å². The second-order valence-corrected chi connectivity index (χ2v) is 8.54. The summed E-state index contributed by atoms with van der Waals surface area (Å²) in [6.07, 6.45) is -0.536. The Kier molecular flexibility index (Phi) is 5.62. The van der Waals surface area contributed by atoms with Crippen molar-refractivity contribution in [1.29, 1.82) is 0 Å². The maximum atomic E-state index is 12.1. The van der Waals surface area contributed by atoms with E-state index in [-0.39, 0.29) is 18.2 Å². The molecule has 1 saturated carbocycles. The number of fused-ring (bicyclic) bond motifs is 1. The van der Waals surface area contributed by atoms with Gasteiger partial charge in [-0.1, -0.05) is 11.6 Å². The summed E-state index contributed by atoms with van der Waals surface area (Å²) in [5.74, 6) is 5.63. The Bertz CT molecular complexity index is 1170. The molecule has 1 aliphatic rings. The number of aliphatic hydroxyl groups excluding tert-OH is 2. The molecular weight excluding hydrogens is 428 g/mol. The molecule has 156 valence electrons. The second kappa shape index (κ2) is 8.20. The average molecular weight is 447 g/mol. The molecule has 11 heteroatoms. The molecule has 1 aliphatic carbocycles. The van der Waals surface area contributed by atoms with E-state index in [1.807, 2.05) is 6.07 Å². The van der Waals surface area contributed by atoms with Crippen molar-refractivity contribution in [2.45, 2.75) is 24.7 Å². The molecule has 1 amide bonds. The summed E-state index contributed by atoms with van der Waals surface area (Å²) in [6.45, 7) is 0. The lowest BCUT2D eigenvalue weighted by molar-refractivity contribution is -0.128. The molecule has 9 nitrogen and oxygen atoms in total. The van der Waals surface area contributed by atoms with E-state index in [9.17, 15) is 15.0 Å². The molecule has 0 spiro atoms. The van der Waals surface area contributed by atoms with Gasteiger partial charge in [0.2, 0.25) is 11.7 Å². The monoisotopic (exact) mass is 446 g/mol. The van der Waals surface area contributed by atoms with E-state index in [0.717, 1.165) is 4.88 Å². The normalized spacial score (nSPS) is 23.2. The lowest BCUT2D eigenvalue weighted by atomic mass is 10.1. The minimum absolute atomic E-state index is 0.251. The minimum atomic E-state index is -1.18. The number of thiophene rings is 1. The fourth-order valence-electron chi connectivity index (χ4n) is 3.62. The molecule has 0 aliphatic heterocycles. The Morgan fingerprint density at radius 3 is 2.73 bits per heavy atom. The quantitative estimate of drug-likeness (QED) is 0.442. The number of aromatic nitrogens is 4. The van der Waals surface area contributed by atoms with Crippen molar-refractivity contribution in [3.05, 3.63) is 33.5 Å². The lowest BCUT2D eigenvalue weighted by Crippen LogP contribution is -2.36. The van der Waals surface area contributed by atoms with Gasteiger partial charge in [0.1, 0.15) is 6.10 Å². The van der Waals surface area contributed by atoms with E-state index in [4.69, 9.17) is 11.6 Å². The molecule has 0 aromatic carbocycles. The molecule has 0 bridgehead atoms. The van der Waals surface area contributed by atoms with Crippen LogP contribution in [0, 0.1) is 17.8 Å². The van der Waals surface area contributed by atoms with Gasteiger partial charge in [-0.15, -0.1) is 11.3 Å². The zero-order chi connectivity index (χ0) is 21.4. The Morgan fingerprint density at radius 1 is 1.27 bits per heavy atom. The number of hydrogen-bond donors (Lipinski definition) is 4. The first kappa shape index (κ1) is 20.6. The predicted octanol–water partition coefficient (Wildman–Crippen LogP) is 1.01. The highest BCUT2D eigenvalue weighted by atomic mass is 35.5. The molecule has 3 aromatic heterocycles. The maximum absolute atomic E-state index is 12.1. The molecule has 3 heterocycles. The van der Waals surface area contributed by atoms with Crippen LogP contribution in [0.25, 0.3) is 11.2 Å². The molecular formula is C19H19ClN6O3S. The van der Waals surface area contributed by atoms with Crippen LogP contribution in [-0.2, 0) is 4.79 Å². The first-order valence-electron chi connectivity index (χ1n) is 9.20. The fourth-order valence-corrected chi connectivity index (χ4v) is 4.52. The first-order valence-corrected chi connectivity index (χ1v) is 10.4. The number of nitrogens with zero attached hydrogens (tertiary/aromatic N) is 4. The van der Waals surface area contributed by atoms with E-state index in [2.05, 4.69) is 37.4 Å². The summed E-state index contributed by atoms with van der Waals surface area (Å²) < 4.78 is 2.31. The summed E-state index contributed by atoms with van der Waals surface area (Å²) in [5, 5.41) is 26.4. The van der Waals surface area contributed by atoms with Crippen LogP contribution in [0.2, 0.25) is 4.34 Å². The zero-order valence-electron chi connectivity index (χ0n) is 16.1. The molecule has 4 rings (SSSR count). The summed E-state index contributed by atoms with van der Waals surface area (Å²) in [5.41, 5.74) is 0.962. The number of halogens is 1. The first-order chi connectivity index (χ1) is 14.4. The number of amides is 1. The smallest absolute Gasteiger partial charge is 0.225 e.